The molecule has 3 aromatic rings. The Bertz CT molecular complexity index is 893. The van der Waals surface area contributed by atoms with Crippen molar-refractivity contribution in [3.05, 3.63) is 54.6 Å². The summed E-state index contributed by atoms with van der Waals surface area (Å²) in [6.45, 7) is 0. The van der Waals surface area contributed by atoms with E-state index in [2.05, 4.69) is 4.98 Å². The lowest BCUT2D eigenvalue weighted by Crippen LogP contribution is -2.11. The highest BCUT2D eigenvalue weighted by Gasteiger charge is 2.16. The molecule has 0 fully saturated rings. The van der Waals surface area contributed by atoms with Crippen LogP contribution in [0.2, 0.25) is 0 Å². The summed E-state index contributed by atoms with van der Waals surface area (Å²) in [7, 11) is 4.78. The first kappa shape index (κ1) is 16.6. The predicted molar refractivity (Wildman–Crippen MR) is 95.2 cm³/mol. The second-order valence-electron chi connectivity index (χ2n) is 5.43. The highest BCUT2D eigenvalue weighted by atomic mass is 16.5. The molecule has 0 radical (unpaired) electrons. The van der Waals surface area contributed by atoms with E-state index in [1.54, 1.807) is 26.4 Å². The number of aromatic amines is 1. The van der Waals surface area contributed by atoms with Crippen molar-refractivity contribution in [2.75, 3.05) is 21.3 Å². The third-order valence-electron chi connectivity index (χ3n) is 3.98. The highest BCUT2D eigenvalue weighted by Crippen LogP contribution is 2.33. The van der Waals surface area contributed by atoms with Crippen molar-refractivity contribution in [1.29, 1.82) is 0 Å². The van der Waals surface area contributed by atoms with Gasteiger partial charge in [0.1, 0.15) is 11.5 Å². The molecule has 5 heteroatoms. The monoisotopic (exact) mass is 338 g/mol. The zero-order valence-electron chi connectivity index (χ0n) is 14.4. The second-order valence-corrected chi connectivity index (χ2v) is 5.43. The fourth-order valence-corrected chi connectivity index (χ4v) is 2.67. The van der Waals surface area contributed by atoms with Gasteiger partial charge >= 0.3 is 0 Å². The van der Waals surface area contributed by atoms with Gasteiger partial charge in [-0.25, -0.2) is 4.98 Å². The number of ether oxygens (including phenoxy) is 3. The summed E-state index contributed by atoms with van der Waals surface area (Å²) in [6.07, 6.45) is 0. The van der Waals surface area contributed by atoms with Crippen molar-refractivity contribution in [3.8, 4) is 45.5 Å². The molecule has 0 aliphatic carbocycles. The first-order chi connectivity index (χ1) is 12.2. The minimum absolute atomic E-state index is 0.0980. The molecular formula is C20H20NO4+. The number of rotatable bonds is 5. The van der Waals surface area contributed by atoms with Gasteiger partial charge in [0.25, 0.3) is 0 Å². The van der Waals surface area contributed by atoms with Crippen LogP contribution in [0.15, 0.2) is 54.6 Å². The molecule has 0 atom stereocenters. The lowest BCUT2D eigenvalue weighted by atomic mass is 10.1. The standard InChI is InChI=1S/C20H19NO4/c1-23-14-8-9-15(20(12-14)25-3)17-6-4-5-16(21-17)13-7-10-19(24-2)18(22)11-13/h4-12,22H,1-3H3/p+1. The average molecular weight is 338 g/mol. The Balaban J connectivity index is 2.04. The number of hydrogen-bond donors (Lipinski definition) is 1. The van der Waals surface area contributed by atoms with Crippen molar-refractivity contribution < 1.29 is 24.3 Å². The number of benzene rings is 2. The summed E-state index contributed by atoms with van der Waals surface area (Å²) in [4.78, 5) is 3.38. The number of methoxy groups -OCH3 is 3. The lowest BCUT2D eigenvalue weighted by molar-refractivity contribution is -0.351. The summed E-state index contributed by atoms with van der Waals surface area (Å²) in [5.74, 6) is 1.99. The van der Waals surface area contributed by atoms with Crippen LogP contribution in [-0.2, 0) is 0 Å². The van der Waals surface area contributed by atoms with E-state index in [0.29, 0.717) is 11.5 Å². The molecule has 1 aromatic heterocycles. The fraction of sp³-hybridized carbons (Fsp3) is 0.150. The number of H-pyrrole nitrogens is 1. The first-order valence-electron chi connectivity index (χ1n) is 7.78. The van der Waals surface area contributed by atoms with Gasteiger partial charge in [-0.2, -0.15) is 0 Å². The molecule has 0 spiro atoms. The van der Waals surface area contributed by atoms with E-state index in [0.717, 1.165) is 28.3 Å². The predicted octanol–water partition coefficient (Wildman–Crippen LogP) is 3.57. The smallest absolute Gasteiger partial charge is 0.215 e. The van der Waals surface area contributed by atoms with Crippen LogP contribution in [0.4, 0.5) is 0 Å². The molecule has 2 N–H and O–H groups in total. The van der Waals surface area contributed by atoms with Crippen LogP contribution in [0.25, 0.3) is 22.5 Å². The summed E-state index contributed by atoms with van der Waals surface area (Å²) in [5.41, 5.74) is 3.54. The number of phenolic OH excluding ortho intramolecular Hbond substituents is 1. The molecule has 2 aromatic carbocycles. The number of aromatic nitrogens is 1. The molecule has 0 bridgehead atoms. The molecule has 25 heavy (non-hydrogen) atoms. The van der Waals surface area contributed by atoms with Crippen molar-refractivity contribution in [2.45, 2.75) is 0 Å². The van der Waals surface area contributed by atoms with E-state index in [-0.39, 0.29) is 5.75 Å². The highest BCUT2D eigenvalue weighted by molar-refractivity contribution is 5.68. The summed E-state index contributed by atoms with van der Waals surface area (Å²) in [5, 5.41) is 10.0. The minimum Gasteiger partial charge on any atom is -0.504 e. The molecular weight excluding hydrogens is 318 g/mol. The summed E-state index contributed by atoms with van der Waals surface area (Å²) >= 11 is 0. The van der Waals surface area contributed by atoms with Gasteiger partial charge in [-0.3, -0.25) is 0 Å². The minimum atomic E-state index is 0.0980. The average Bonchev–Trinajstić information content (AvgIpc) is 2.67. The second kappa shape index (κ2) is 7.13. The zero-order chi connectivity index (χ0) is 17.8. The Morgan fingerprint density at radius 3 is 2.20 bits per heavy atom. The molecule has 1 heterocycles. The fourth-order valence-electron chi connectivity index (χ4n) is 2.67. The van der Waals surface area contributed by atoms with E-state index >= 15 is 0 Å². The number of nitrogens with one attached hydrogen (secondary N) is 1. The molecule has 0 saturated carbocycles. The molecule has 5 nitrogen and oxygen atoms in total. The van der Waals surface area contributed by atoms with Crippen LogP contribution in [-0.4, -0.2) is 26.4 Å². The number of hydrogen-bond acceptors (Lipinski definition) is 4. The topological polar surface area (TPSA) is 62.1 Å². The van der Waals surface area contributed by atoms with Gasteiger partial charge in [0.05, 0.1) is 32.5 Å². The Morgan fingerprint density at radius 2 is 1.52 bits per heavy atom. The largest absolute Gasteiger partial charge is 0.504 e. The number of phenols is 1. The van der Waals surface area contributed by atoms with Crippen molar-refractivity contribution in [3.63, 3.8) is 0 Å². The maximum Gasteiger partial charge on any atom is 0.215 e. The zero-order valence-corrected chi connectivity index (χ0v) is 14.4. The molecule has 0 saturated heterocycles. The van der Waals surface area contributed by atoms with E-state index in [4.69, 9.17) is 14.2 Å². The van der Waals surface area contributed by atoms with Crippen LogP contribution in [0.1, 0.15) is 0 Å². The molecule has 3 rings (SSSR count). The third-order valence-corrected chi connectivity index (χ3v) is 3.98. The van der Waals surface area contributed by atoms with Gasteiger partial charge < -0.3 is 19.3 Å². The maximum absolute atomic E-state index is 10.0. The quantitative estimate of drug-likeness (QED) is 0.772. The first-order valence-corrected chi connectivity index (χ1v) is 7.78. The Labute approximate surface area is 146 Å². The molecule has 0 aliphatic rings. The van der Waals surface area contributed by atoms with E-state index < -0.39 is 0 Å². The van der Waals surface area contributed by atoms with Gasteiger partial charge in [0.15, 0.2) is 11.5 Å². The van der Waals surface area contributed by atoms with Crippen LogP contribution in [0, 0.1) is 0 Å². The van der Waals surface area contributed by atoms with Crippen LogP contribution >= 0.6 is 0 Å². The maximum atomic E-state index is 10.0. The van der Waals surface area contributed by atoms with E-state index in [1.807, 2.05) is 42.5 Å². The van der Waals surface area contributed by atoms with Gasteiger partial charge in [0, 0.05) is 18.2 Å². The SMILES string of the molecule is COc1ccc(-c2cccc(-c3ccc(OC)c(O)c3)[nH+]2)c(OC)c1. The van der Waals surface area contributed by atoms with E-state index in [1.165, 1.54) is 7.11 Å². The molecule has 128 valence electrons. The summed E-state index contributed by atoms with van der Waals surface area (Å²) in [6, 6.07) is 16.8. The van der Waals surface area contributed by atoms with Crippen molar-refractivity contribution >= 4 is 0 Å². The van der Waals surface area contributed by atoms with Gasteiger partial charge in [0.2, 0.25) is 11.4 Å². The summed E-state index contributed by atoms with van der Waals surface area (Å²) < 4.78 is 15.8. The molecule has 0 unspecified atom stereocenters. The number of aromatic hydroxyl groups is 1. The lowest BCUT2D eigenvalue weighted by Gasteiger charge is -2.08. The Kier molecular flexibility index (Phi) is 4.75. The normalized spacial score (nSPS) is 10.4. The van der Waals surface area contributed by atoms with Crippen molar-refractivity contribution in [1.82, 2.24) is 0 Å². The Hall–Kier alpha value is -3.21. The van der Waals surface area contributed by atoms with Crippen molar-refractivity contribution in [2.24, 2.45) is 0 Å². The Morgan fingerprint density at radius 1 is 0.760 bits per heavy atom. The molecule has 0 amide bonds. The van der Waals surface area contributed by atoms with Crippen LogP contribution in [0.3, 0.4) is 0 Å². The van der Waals surface area contributed by atoms with Gasteiger partial charge in [-0.05, 0) is 36.4 Å². The van der Waals surface area contributed by atoms with E-state index in [9.17, 15) is 5.11 Å². The van der Waals surface area contributed by atoms with Gasteiger partial charge in [-0.15, -0.1) is 0 Å². The number of pyridine rings is 1. The van der Waals surface area contributed by atoms with Crippen LogP contribution < -0.4 is 19.2 Å². The van der Waals surface area contributed by atoms with Gasteiger partial charge in [-0.1, -0.05) is 0 Å². The van der Waals surface area contributed by atoms with Crippen LogP contribution in [0.5, 0.6) is 23.0 Å². The third kappa shape index (κ3) is 3.35. The molecule has 0 aliphatic heterocycles.